The van der Waals surface area contributed by atoms with Crippen LogP contribution in [0.25, 0.3) is 0 Å². The minimum Gasteiger partial charge on any atom is -0.419 e. The van der Waals surface area contributed by atoms with Gasteiger partial charge in [0.15, 0.2) is 9.76 Å². The van der Waals surface area contributed by atoms with E-state index in [-0.39, 0.29) is 9.76 Å². The number of alkyl halides is 1. The smallest absolute Gasteiger partial charge is 0.162 e. The molecule has 0 saturated carbocycles. The number of ether oxygens (including phenoxy) is 1. The monoisotopic (exact) mass is 266 g/mol. The second-order valence-electron chi connectivity index (χ2n) is 3.46. The Hall–Kier alpha value is 0.617. The van der Waals surface area contributed by atoms with E-state index in [1.165, 1.54) is 25.3 Å². The molecule has 0 aromatic rings. The summed E-state index contributed by atoms with van der Waals surface area (Å²) < 4.78 is 11.2. The minimum atomic E-state index is -0.170. The molecule has 0 aromatic heterocycles. The van der Waals surface area contributed by atoms with Crippen LogP contribution >= 0.6 is 15.9 Å². The summed E-state index contributed by atoms with van der Waals surface area (Å²) in [5.41, 5.74) is 0. The molecule has 1 unspecified atom stereocenters. The van der Waals surface area contributed by atoms with Crippen molar-refractivity contribution in [3.05, 3.63) is 0 Å². The highest BCUT2D eigenvalue weighted by Gasteiger charge is 2.13. The third-order valence-corrected chi connectivity index (χ3v) is 4.31. The maximum absolute atomic E-state index is 5.69. The standard InChI is InChI=1S/C9H19BrO2Si/c10-5-1-2-6-11-8-9-4-3-7-13-12-9/h9H,1-8,13H2. The lowest BCUT2D eigenvalue weighted by molar-refractivity contribution is 0.0405. The maximum Gasteiger partial charge on any atom is 0.162 e. The lowest BCUT2D eigenvalue weighted by Crippen LogP contribution is -2.25. The van der Waals surface area contributed by atoms with E-state index in [1.54, 1.807) is 0 Å². The van der Waals surface area contributed by atoms with Gasteiger partial charge in [0.05, 0.1) is 12.7 Å². The van der Waals surface area contributed by atoms with E-state index in [9.17, 15) is 0 Å². The van der Waals surface area contributed by atoms with E-state index < -0.39 is 0 Å². The molecule has 4 heteroatoms. The Morgan fingerprint density at radius 3 is 3.08 bits per heavy atom. The molecule has 0 amide bonds. The van der Waals surface area contributed by atoms with Gasteiger partial charge in [-0.15, -0.1) is 0 Å². The molecule has 1 aliphatic rings. The summed E-state index contributed by atoms with van der Waals surface area (Å²) in [4.78, 5) is 0. The highest BCUT2D eigenvalue weighted by molar-refractivity contribution is 9.09. The van der Waals surface area contributed by atoms with Crippen molar-refractivity contribution in [2.45, 2.75) is 37.8 Å². The molecule has 1 heterocycles. The molecule has 0 aliphatic carbocycles. The van der Waals surface area contributed by atoms with Crippen LogP contribution in [0, 0.1) is 0 Å². The van der Waals surface area contributed by atoms with Gasteiger partial charge in [-0.3, -0.25) is 0 Å². The molecular weight excluding hydrogens is 248 g/mol. The van der Waals surface area contributed by atoms with Crippen molar-refractivity contribution >= 4 is 25.7 Å². The van der Waals surface area contributed by atoms with Crippen molar-refractivity contribution in [3.8, 4) is 0 Å². The van der Waals surface area contributed by atoms with Crippen molar-refractivity contribution in [2.24, 2.45) is 0 Å². The summed E-state index contributed by atoms with van der Waals surface area (Å²) in [6.45, 7) is 1.72. The molecule has 1 atom stereocenters. The molecule has 1 rings (SSSR count). The lowest BCUT2D eigenvalue weighted by Gasteiger charge is -2.22. The van der Waals surface area contributed by atoms with Gasteiger partial charge in [0.2, 0.25) is 0 Å². The van der Waals surface area contributed by atoms with Gasteiger partial charge in [-0.2, -0.15) is 0 Å². The zero-order chi connectivity index (χ0) is 9.36. The molecular formula is C9H19BrO2Si. The van der Waals surface area contributed by atoms with Crippen molar-refractivity contribution in [2.75, 3.05) is 18.5 Å². The predicted molar refractivity (Wildman–Crippen MR) is 61.3 cm³/mol. The molecule has 0 N–H and O–H groups in total. The number of halogens is 1. The summed E-state index contributed by atoms with van der Waals surface area (Å²) >= 11 is 3.40. The van der Waals surface area contributed by atoms with Crippen LogP contribution in [-0.2, 0) is 9.16 Å². The maximum atomic E-state index is 5.69. The Bertz CT molecular complexity index is 118. The molecule has 2 nitrogen and oxygen atoms in total. The summed E-state index contributed by atoms with van der Waals surface area (Å²) in [5, 5.41) is 1.09. The van der Waals surface area contributed by atoms with Crippen LogP contribution < -0.4 is 0 Å². The Labute approximate surface area is 91.4 Å². The van der Waals surface area contributed by atoms with Crippen molar-refractivity contribution in [1.29, 1.82) is 0 Å². The van der Waals surface area contributed by atoms with Gasteiger partial charge >= 0.3 is 0 Å². The Morgan fingerprint density at radius 1 is 1.46 bits per heavy atom. The quantitative estimate of drug-likeness (QED) is 0.415. The average Bonchev–Trinajstić information content (AvgIpc) is 2.19. The van der Waals surface area contributed by atoms with E-state index >= 15 is 0 Å². The van der Waals surface area contributed by atoms with Gasteiger partial charge in [-0.1, -0.05) is 22.4 Å². The Kier molecular flexibility index (Phi) is 7.17. The Morgan fingerprint density at radius 2 is 2.38 bits per heavy atom. The van der Waals surface area contributed by atoms with Crippen LogP contribution in [0.3, 0.4) is 0 Å². The third-order valence-electron chi connectivity index (χ3n) is 2.25. The normalized spacial score (nSPS) is 25.2. The summed E-state index contributed by atoms with van der Waals surface area (Å²) in [7, 11) is -0.170. The predicted octanol–water partition coefficient (Wildman–Crippen LogP) is 1.86. The highest BCUT2D eigenvalue weighted by atomic mass is 79.9. The molecule has 1 aliphatic heterocycles. The van der Waals surface area contributed by atoms with Crippen LogP contribution in [0.1, 0.15) is 25.7 Å². The third kappa shape index (κ3) is 5.83. The Balaban J connectivity index is 1.86. The number of unbranched alkanes of at least 4 members (excludes halogenated alkanes) is 1. The van der Waals surface area contributed by atoms with E-state index in [2.05, 4.69) is 15.9 Å². The fourth-order valence-electron chi connectivity index (χ4n) is 1.45. The first-order valence-electron chi connectivity index (χ1n) is 5.19. The first-order chi connectivity index (χ1) is 6.43. The zero-order valence-corrected chi connectivity index (χ0v) is 11.1. The molecule has 0 radical (unpaired) electrons. The van der Waals surface area contributed by atoms with Gasteiger partial charge < -0.3 is 9.16 Å². The van der Waals surface area contributed by atoms with E-state index in [0.29, 0.717) is 6.10 Å². The van der Waals surface area contributed by atoms with Crippen LogP contribution in [0.4, 0.5) is 0 Å². The molecule has 78 valence electrons. The van der Waals surface area contributed by atoms with E-state index in [0.717, 1.165) is 25.0 Å². The highest BCUT2D eigenvalue weighted by Crippen LogP contribution is 2.12. The van der Waals surface area contributed by atoms with E-state index in [1.807, 2.05) is 0 Å². The van der Waals surface area contributed by atoms with Crippen molar-refractivity contribution in [3.63, 3.8) is 0 Å². The molecule has 13 heavy (non-hydrogen) atoms. The SMILES string of the molecule is BrCCCCOCC1CCC[SiH2]O1. The van der Waals surface area contributed by atoms with Crippen LogP contribution in [0.15, 0.2) is 0 Å². The number of hydrogen-bond acceptors (Lipinski definition) is 2. The van der Waals surface area contributed by atoms with Gasteiger partial charge in [-0.25, -0.2) is 0 Å². The first-order valence-corrected chi connectivity index (χ1v) is 7.88. The zero-order valence-electron chi connectivity index (χ0n) is 8.14. The number of hydrogen-bond donors (Lipinski definition) is 0. The van der Waals surface area contributed by atoms with Crippen LogP contribution in [0.5, 0.6) is 0 Å². The fourth-order valence-corrected chi connectivity index (χ4v) is 3.10. The van der Waals surface area contributed by atoms with Gasteiger partial charge in [0, 0.05) is 11.9 Å². The minimum absolute atomic E-state index is 0.170. The fraction of sp³-hybridized carbons (Fsp3) is 1.00. The average molecular weight is 267 g/mol. The largest absolute Gasteiger partial charge is 0.419 e. The van der Waals surface area contributed by atoms with Gasteiger partial charge in [-0.05, 0) is 25.3 Å². The van der Waals surface area contributed by atoms with Crippen LogP contribution in [0.2, 0.25) is 6.04 Å². The molecule has 0 spiro atoms. The van der Waals surface area contributed by atoms with Crippen molar-refractivity contribution < 1.29 is 9.16 Å². The van der Waals surface area contributed by atoms with Gasteiger partial charge in [0.25, 0.3) is 0 Å². The molecule has 1 saturated heterocycles. The molecule has 1 fully saturated rings. The topological polar surface area (TPSA) is 18.5 Å². The first kappa shape index (κ1) is 11.7. The van der Waals surface area contributed by atoms with Crippen molar-refractivity contribution in [1.82, 2.24) is 0 Å². The summed E-state index contributed by atoms with van der Waals surface area (Å²) in [6.07, 6.45) is 5.38. The van der Waals surface area contributed by atoms with Gasteiger partial charge in [0.1, 0.15) is 0 Å². The second kappa shape index (κ2) is 7.97. The summed E-state index contributed by atoms with van der Waals surface area (Å²) in [6, 6.07) is 1.36. The summed E-state index contributed by atoms with van der Waals surface area (Å²) in [5.74, 6) is 0. The second-order valence-corrected chi connectivity index (χ2v) is 5.70. The lowest BCUT2D eigenvalue weighted by atomic mass is 10.2. The molecule has 0 bridgehead atoms. The number of rotatable bonds is 6. The molecule has 0 aromatic carbocycles. The van der Waals surface area contributed by atoms with E-state index in [4.69, 9.17) is 9.16 Å². The van der Waals surface area contributed by atoms with Crippen LogP contribution in [-0.4, -0.2) is 34.4 Å².